The zero-order chi connectivity index (χ0) is 33.7. The van der Waals surface area contributed by atoms with Crippen molar-refractivity contribution in [2.75, 3.05) is 46.6 Å². The molecule has 2 aliphatic rings. The molecule has 0 bridgehead atoms. The Bertz CT molecular complexity index is 1900. The Balaban J connectivity index is 1.40. The Morgan fingerprint density at radius 2 is 1.76 bits per heavy atom. The molecule has 2 aliphatic heterocycles. The molecule has 7 nitrogen and oxygen atoms in total. The van der Waals surface area contributed by atoms with Crippen LogP contribution in [0.1, 0.15) is 52.9 Å². The minimum atomic E-state index is 0.128. The second-order valence-electron chi connectivity index (χ2n) is 12.9. The maximum absolute atomic E-state index is 13.2. The van der Waals surface area contributed by atoms with E-state index in [0.29, 0.717) is 43.4 Å². The molecule has 2 saturated heterocycles. The first-order valence-electron chi connectivity index (χ1n) is 17.2. The number of carbonyl (C=O) groups excluding carboxylic acids is 1. The van der Waals surface area contributed by atoms with Gasteiger partial charge in [0.1, 0.15) is 18.1 Å². The van der Waals surface area contributed by atoms with E-state index >= 15 is 0 Å². The van der Waals surface area contributed by atoms with Gasteiger partial charge in [-0.25, -0.2) is 0 Å². The third-order valence-corrected chi connectivity index (χ3v) is 11.1. The number of methoxy groups -OCH3 is 1. The molecule has 254 valence electrons. The summed E-state index contributed by atoms with van der Waals surface area (Å²) in [6.07, 6.45) is 3.02. The predicted octanol–water partition coefficient (Wildman–Crippen LogP) is 7.99. The van der Waals surface area contributed by atoms with E-state index in [-0.39, 0.29) is 18.7 Å². The van der Waals surface area contributed by atoms with Crippen LogP contribution in [0.2, 0.25) is 0 Å². The van der Waals surface area contributed by atoms with Crippen molar-refractivity contribution in [2.45, 2.75) is 45.0 Å². The van der Waals surface area contributed by atoms with Gasteiger partial charge in [0, 0.05) is 58.5 Å². The van der Waals surface area contributed by atoms with E-state index in [2.05, 4.69) is 64.6 Å². The molecule has 3 heterocycles. The third-order valence-electron chi connectivity index (χ3n) is 10.1. The monoisotopic (exact) mass is 676 g/mol. The van der Waals surface area contributed by atoms with Crippen LogP contribution in [0.25, 0.3) is 32.3 Å². The molecule has 0 saturated carbocycles. The molecular weight excluding hydrogens is 633 g/mol. The van der Waals surface area contributed by atoms with E-state index in [4.69, 9.17) is 14.2 Å². The van der Waals surface area contributed by atoms with Crippen LogP contribution in [-0.2, 0) is 17.9 Å². The fourth-order valence-corrected chi connectivity index (χ4v) is 8.62. The number of thiophene rings is 1. The molecule has 8 heteroatoms. The van der Waals surface area contributed by atoms with E-state index in [1.165, 1.54) is 5.56 Å². The summed E-state index contributed by atoms with van der Waals surface area (Å²) in [4.78, 5) is 18.0. The molecular formula is C41H44N2O5S. The molecule has 7 rings (SSSR count). The number of aliphatic hydroxyl groups is 1. The number of morpholine rings is 1. The molecule has 49 heavy (non-hydrogen) atoms. The van der Waals surface area contributed by atoms with Crippen molar-refractivity contribution in [1.29, 1.82) is 0 Å². The van der Waals surface area contributed by atoms with Gasteiger partial charge in [-0.3, -0.25) is 14.6 Å². The van der Waals surface area contributed by atoms with E-state index in [0.717, 1.165) is 82.2 Å². The van der Waals surface area contributed by atoms with Gasteiger partial charge in [-0.05, 0) is 66.1 Å². The summed E-state index contributed by atoms with van der Waals surface area (Å²) in [6, 6.07) is 27.4. The van der Waals surface area contributed by atoms with Crippen LogP contribution in [0.5, 0.6) is 11.5 Å². The normalized spacial score (nSPS) is 17.7. The number of benzene rings is 4. The summed E-state index contributed by atoms with van der Waals surface area (Å²) in [5, 5.41) is 13.4. The first kappa shape index (κ1) is 33.4. The number of rotatable bonds is 12. The van der Waals surface area contributed by atoms with E-state index in [1.54, 1.807) is 18.4 Å². The van der Waals surface area contributed by atoms with Gasteiger partial charge in [0.05, 0.1) is 32.5 Å². The topological polar surface area (TPSA) is 71.5 Å². The summed E-state index contributed by atoms with van der Waals surface area (Å²) < 4.78 is 19.5. The van der Waals surface area contributed by atoms with Gasteiger partial charge < -0.3 is 19.3 Å². The summed E-state index contributed by atoms with van der Waals surface area (Å²) in [7, 11) is 1.70. The highest BCUT2D eigenvalue weighted by molar-refractivity contribution is 7.17. The van der Waals surface area contributed by atoms with Gasteiger partial charge in [-0.2, -0.15) is 0 Å². The highest BCUT2D eigenvalue weighted by Crippen LogP contribution is 2.49. The lowest BCUT2D eigenvalue weighted by Crippen LogP contribution is -2.35. The van der Waals surface area contributed by atoms with Crippen LogP contribution < -0.4 is 9.47 Å². The maximum Gasteiger partial charge on any atom is 0.154 e. The molecule has 0 aliphatic carbocycles. The Morgan fingerprint density at radius 1 is 0.980 bits per heavy atom. The third kappa shape index (κ3) is 6.76. The van der Waals surface area contributed by atoms with E-state index in [1.807, 2.05) is 36.4 Å². The zero-order valence-corrected chi connectivity index (χ0v) is 29.1. The van der Waals surface area contributed by atoms with Gasteiger partial charge in [0.15, 0.2) is 6.29 Å². The highest BCUT2D eigenvalue weighted by atomic mass is 32.1. The van der Waals surface area contributed by atoms with Crippen molar-refractivity contribution >= 4 is 27.7 Å². The Morgan fingerprint density at radius 3 is 2.53 bits per heavy atom. The second kappa shape index (κ2) is 15.2. The van der Waals surface area contributed by atoms with Crippen LogP contribution in [0.4, 0.5) is 0 Å². The van der Waals surface area contributed by atoms with Crippen molar-refractivity contribution in [2.24, 2.45) is 0 Å². The maximum atomic E-state index is 13.2. The fraction of sp³-hybridized carbons (Fsp3) is 0.341. The van der Waals surface area contributed by atoms with Crippen LogP contribution in [0.3, 0.4) is 0 Å². The Kier molecular flexibility index (Phi) is 10.4. The molecule has 1 N–H and O–H groups in total. The smallest absolute Gasteiger partial charge is 0.154 e. The van der Waals surface area contributed by atoms with E-state index < -0.39 is 0 Å². The SMILES string of the molecule is COc1c(CN2CCOCC2)cc(OCc2ccccc2)c(C=O)c1-c1csc2cccc(-c3ccccc3C(C)N3CCC[C@@H]3CO)c12. The van der Waals surface area contributed by atoms with Gasteiger partial charge in [-0.15, -0.1) is 11.3 Å². The highest BCUT2D eigenvalue weighted by Gasteiger charge is 2.31. The van der Waals surface area contributed by atoms with Crippen LogP contribution in [0.15, 0.2) is 84.2 Å². The minimum absolute atomic E-state index is 0.128. The van der Waals surface area contributed by atoms with Crippen LogP contribution >= 0.6 is 11.3 Å². The number of fused-ring (bicyclic) bond motifs is 1. The first-order valence-corrected chi connectivity index (χ1v) is 18.1. The van der Waals surface area contributed by atoms with Gasteiger partial charge >= 0.3 is 0 Å². The number of likely N-dealkylation sites (tertiary alicyclic amines) is 1. The number of ether oxygens (including phenoxy) is 3. The predicted molar refractivity (Wildman–Crippen MR) is 197 cm³/mol. The lowest BCUT2D eigenvalue weighted by atomic mass is 9.88. The molecule has 0 radical (unpaired) electrons. The number of nitrogens with zero attached hydrogens (tertiary/aromatic N) is 2. The van der Waals surface area contributed by atoms with E-state index in [9.17, 15) is 9.90 Å². The van der Waals surface area contributed by atoms with Crippen molar-refractivity contribution < 1.29 is 24.1 Å². The van der Waals surface area contributed by atoms with Crippen molar-refractivity contribution in [3.63, 3.8) is 0 Å². The fourth-order valence-electron chi connectivity index (χ4n) is 7.64. The Hall–Kier alpha value is -4.05. The van der Waals surface area contributed by atoms with Crippen molar-refractivity contribution in [3.05, 3.63) is 106 Å². The molecule has 0 spiro atoms. The second-order valence-corrected chi connectivity index (χ2v) is 13.9. The molecule has 1 unspecified atom stereocenters. The van der Waals surface area contributed by atoms with Gasteiger partial charge in [-0.1, -0.05) is 66.7 Å². The van der Waals surface area contributed by atoms with Crippen molar-refractivity contribution in [1.82, 2.24) is 9.80 Å². The average molecular weight is 677 g/mol. The quantitative estimate of drug-likeness (QED) is 0.134. The molecule has 0 amide bonds. The molecule has 2 atom stereocenters. The zero-order valence-electron chi connectivity index (χ0n) is 28.3. The summed E-state index contributed by atoms with van der Waals surface area (Å²) in [6.45, 7) is 7.40. The lowest BCUT2D eigenvalue weighted by molar-refractivity contribution is 0.0338. The van der Waals surface area contributed by atoms with Gasteiger partial charge in [0.2, 0.25) is 0 Å². The summed E-state index contributed by atoms with van der Waals surface area (Å²) in [5.41, 5.74) is 7.70. The largest absolute Gasteiger partial charge is 0.496 e. The van der Waals surface area contributed by atoms with Crippen molar-refractivity contribution in [3.8, 4) is 33.8 Å². The Labute approximate surface area is 292 Å². The number of hydrogen-bond acceptors (Lipinski definition) is 8. The first-order chi connectivity index (χ1) is 24.1. The van der Waals surface area contributed by atoms with Crippen LogP contribution in [-0.4, -0.2) is 73.8 Å². The number of aliphatic hydroxyl groups excluding tert-OH is 1. The summed E-state index contributed by atoms with van der Waals surface area (Å²) in [5.74, 6) is 1.24. The summed E-state index contributed by atoms with van der Waals surface area (Å²) >= 11 is 1.67. The van der Waals surface area contributed by atoms with Crippen LogP contribution in [0, 0.1) is 0 Å². The standard InChI is InChI=1S/C41H44N2O5S/c1-28(43-17-9-12-31(43)24-44)32-13-6-7-14-33(32)34-15-8-16-38-39(34)36(27-49-38)40-35(25-45)37(48-26-29-10-4-3-5-11-29)22-30(41(40)46-2)23-42-18-20-47-21-19-42/h3-8,10-11,13-16,22,25,27-28,31,44H,9,12,17-21,23-24,26H2,1-2H3/t28?,31-/m1/s1. The molecule has 4 aromatic carbocycles. The van der Waals surface area contributed by atoms with Gasteiger partial charge in [0.25, 0.3) is 0 Å². The number of hydrogen-bond donors (Lipinski definition) is 1. The number of carbonyl (C=O) groups is 1. The molecule has 2 fully saturated rings. The minimum Gasteiger partial charge on any atom is -0.496 e. The lowest BCUT2D eigenvalue weighted by Gasteiger charge is -2.31. The molecule has 5 aromatic rings. The number of aldehydes is 1. The average Bonchev–Trinajstić information content (AvgIpc) is 3.82. The molecule has 1 aromatic heterocycles.